The molecule has 39 heavy (non-hydrogen) atoms. The predicted molar refractivity (Wildman–Crippen MR) is 137 cm³/mol. The van der Waals surface area contributed by atoms with E-state index in [0.29, 0.717) is 18.6 Å². The first-order valence-electron chi connectivity index (χ1n) is 11.8. The van der Waals surface area contributed by atoms with Crippen LogP contribution >= 0.6 is 12.2 Å². The van der Waals surface area contributed by atoms with E-state index in [1.165, 1.54) is 10.4 Å². The highest BCUT2D eigenvalue weighted by molar-refractivity contribution is 7.96. The zero-order chi connectivity index (χ0) is 29.4. The second kappa shape index (κ2) is 11.2. The zero-order valence-electron chi connectivity index (χ0n) is 20.8. The van der Waals surface area contributed by atoms with Crippen LogP contribution in [0.4, 0.5) is 32.0 Å². The molecule has 0 radical (unpaired) electrons. The first-order chi connectivity index (χ1) is 17.9. The van der Waals surface area contributed by atoms with Crippen LogP contribution in [0.1, 0.15) is 31.4 Å². The molecule has 1 aromatic rings. The van der Waals surface area contributed by atoms with Gasteiger partial charge in [-0.3, -0.25) is 0 Å². The van der Waals surface area contributed by atoms with Gasteiger partial charge in [-0.15, -0.1) is 0 Å². The maximum atomic E-state index is 13.5. The van der Waals surface area contributed by atoms with Crippen LogP contribution in [0.5, 0.6) is 0 Å². The number of hydrogen-bond donors (Lipinski definition) is 2. The number of thiocarbonyl (C=S) groups is 1. The van der Waals surface area contributed by atoms with Crippen molar-refractivity contribution >= 4 is 32.8 Å². The molecule has 214 valence electrons. The van der Waals surface area contributed by atoms with Gasteiger partial charge in [-0.25, -0.2) is 8.42 Å². The third-order valence-electron chi connectivity index (χ3n) is 6.38. The molecule has 3 rings (SSSR count). The minimum Gasteiger partial charge on any atom is -0.380 e. The van der Waals surface area contributed by atoms with Crippen molar-refractivity contribution in [2.45, 2.75) is 44.3 Å². The number of anilines is 1. The molecule has 6 nitrogen and oxygen atoms in total. The van der Waals surface area contributed by atoms with Crippen LogP contribution in [-0.4, -0.2) is 72.4 Å². The lowest BCUT2D eigenvalue weighted by Gasteiger charge is -2.37. The van der Waals surface area contributed by atoms with Crippen LogP contribution in [0.15, 0.2) is 41.3 Å². The Morgan fingerprint density at radius 3 is 2.13 bits per heavy atom. The van der Waals surface area contributed by atoms with E-state index in [9.17, 15) is 45.0 Å². The lowest BCUT2D eigenvalue weighted by Crippen LogP contribution is -2.54. The molecule has 2 aliphatic rings. The maximum absolute atomic E-state index is 13.5. The number of alkyl halides is 6. The highest BCUT2D eigenvalue weighted by Crippen LogP contribution is 2.50. The molecule has 1 aliphatic heterocycles. The monoisotopic (exact) mass is 596 g/mol. The molecule has 1 fully saturated rings. The second-order valence-corrected chi connectivity index (χ2v) is 11.8. The number of hydrogen-bond acceptors (Lipinski definition) is 6. The van der Waals surface area contributed by atoms with Crippen molar-refractivity contribution in [2.75, 3.05) is 31.1 Å². The van der Waals surface area contributed by atoms with Gasteiger partial charge in [-0.1, -0.05) is 56.1 Å². The third-order valence-corrected chi connectivity index (χ3v) is 8.88. The highest BCUT2D eigenvalue weighted by Gasteiger charge is 2.71. The molecule has 1 atom stereocenters. The smallest absolute Gasteiger partial charge is 0.380 e. The fourth-order valence-corrected chi connectivity index (χ4v) is 6.03. The highest BCUT2D eigenvalue weighted by atomic mass is 32.2. The molecule has 14 heteroatoms. The summed E-state index contributed by atoms with van der Waals surface area (Å²) in [5.74, 6) is 4.49. The Bertz CT molecular complexity index is 1320. The quantitative estimate of drug-likeness (QED) is 0.304. The standard InChI is InChI=1S/C25H26F6N2O4S2/c1-16(2)20(34)10-7-17-15-18(23(35,24(26,27)28)25(29,30)31)8-9-19(17)32-11-13-33(14-12-32)39(36,37)22-6-4-3-5-21(22)38/h3-4,6,8-9,15-16,20,34-35H,5,11-14H2,1-2H3/t20-/m1/s1. The van der Waals surface area contributed by atoms with Crippen LogP contribution < -0.4 is 4.90 Å². The first-order valence-corrected chi connectivity index (χ1v) is 13.6. The van der Waals surface area contributed by atoms with Crippen LogP contribution in [0.3, 0.4) is 0 Å². The Labute approximate surface area is 227 Å². The molecule has 2 N–H and O–H groups in total. The summed E-state index contributed by atoms with van der Waals surface area (Å²) in [4.78, 5) is 1.83. The summed E-state index contributed by atoms with van der Waals surface area (Å²) in [5.41, 5.74) is -6.81. The van der Waals surface area contributed by atoms with Gasteiger partial charge in [0.15, 0.2) is 0 Å². The van der Waals surface area contributed by atoms with E-state index >= 15 is 0 Å². The number of rotatable bonds is 5. The fraction of sp³-hybridized carbons (Fsp3) is 0.480. The first kappa shape index (κ1) is 31.1. The van der Waals surface area contributed by atoms with E-state index in [1.807, 2.05) is 0 Å². The van der Waals surface area contributed by atoms with Crippen molar-refractivity contribution < 1.29 is 45.0 Å². The Balaban J connectivity index is 1.99. The Morgan fingerprint density at radius 1 is 1.03 bits per heavy atom. The van der Waals surface area contributed by atoms with Crippen molar-refractivity contribution in [1.82, 2.24) is 4.31 Å². The summed E-state index contributed by atoms with van der Waals surface area (Å²) in [5, 5.41) is 19.9. The molecule has 0 saturated carbocycles. The molecular formula is C25H26F6N2O4S2. The van der Waals surface area contributed by atoms with Crippen molar-refractivity contribution in [2.24, 2.45) is 5.92 Å². The van der Waals surface area contributed by atoms with Gasteiger partial charge in [0.1, 0.15) is 6.10 Å². The van der Waals surface area contributed by atoms with Crippen LogP contribution in [0.25, 0.3) is 0 Å². The molecule has 0 bridgehead atoms. The maximum Gasteiger partial charge on any atom is 0.430 e. The number of benzene rings is 1. The SMILES string of the molecule is CC(C)[C@H](O)C#Cc1cc(C(O)(C(F)(F)F)C(F)(F)F)ccc1N1CCN(S(=O)(=O)C2=CC=CCC2=S)CC1. The average Bonchev–Trinajstić information content (AvgIpc) is 2.85. The van der Waals surface area contributed by atoms with E-state index in [2.05, 4.69) is 11.8 Å². The molecule has 0 aromatic heterocycles. The predicted octanol–water partition coefficient (Wildman–Crippen LogP) is 4.03. The number of aliphatic hydroxyl groups is 2. The molecule has 1 saturated heterocycles. The number of nitrogens with zero attached hydrogens (tertiary/aromatic N) is 2. The zero-order valence-corrected chi connectivity index (χ0v) is 22.5. The van der Waals surface area contributed by atoms with Crippen molar-refractivity contribution in [1.29, 1.82) is 0 Å². The number of aliphatic hydroxyl groups excluding tert-OH is 1. The summed E-state index contributed by atoms with van der Waals surface area (Å²) in [6.07, 6.45) is -8.38. The van der Waals surface area contributed by atoms with Crippen molar-refractivity contribution in [3.63, 3.8) is 0 Å². The Hall–Kier alpha value is -2.44. The van der Waals surface area contributed by atoms with Gasteiger partial charge in [-0.05, 0) is 24.1 Å². The number of sulfonamides is 1. The van der Waals surface area contributed by atoms with Gasteiger partial charge in [-0.2, -0.15) is 30.6 Å². The van der Waals surface area contributed by atoms with Gasteiger partial charge in [0.2, 0.25) is 10.0 Å². The van der Waals surface area contributed by atoms with Gasteiger partial charge in [0.05, 0.1) is 10.6 Å². The minimum absolute atomic E-state index is 0.00520. The molecule has 1 heterocycles. The van der Waals surface area contributed by atoms with E-state index < -0.39 is 39.6 Å². The van der Waals surface area contributed by atoms with E-state index in [0.717, 1.165) is 6.07 Å². The minimum atomic E-state index is -6.08. The summed E-state index contributed by atoms with van der Waals surface area (Å²) >= 11 is 5.17. The summed E-state index contributed by atoms with van der Waals surface area (Å²) in [6, 6.07) is 1.98. The topological polar surface area (TPSA) is 81.1 Å². The third kappa shape index (κ3) is 6.17. The number of allylic oxidation sites excluding steroid dienone is 4. The Kier molecular flexibility index (Phi) is 8.94. The van der Waals surface area contributed by atoms with E-state index in [4.69, 9.17) is 12.2 Å². The summed E-state index contributed by atoms with van der Waals surface area (Å²) < 4.78 is 108. The second-order valence-electron chi connectivity index (χ2n) is 9.37. The Morgan fingerprint density at radius 2 is 1.62 bits per heavy atom. The van der Waals surface area contributed by atoms with Crippen molar-refractivity contribution in [3.8, 4) is 11.8 Å². The molecule has 1 aromatic carbocycles. The molecule has 0 unspecified atom stereocenters. The summed E-state index contributed by atoms with van der Waals surface area (Å²) in [7, 11) is -3.91. The van der Waals surface area contributed by atoms with Crippen LogP contribution in [0.2, 0.25) is 0 Å². The lowest BCUT2D eigenvalue weighted by atomic mass is 9.90. The van der Waals surface area contributed by atoms with Gasteiger partial charge in [0.25, 0.3) is 5.60 Å². The van der Waals surface area contributed by atoms with Gasteiger partial charge >= 0.3 is 12.4 Å². The normalized spacial score (nSPS) is 18.6. The van der Waals surface area contributed by atoms with Crippen LogP contribution in [0, 0.1) is 17.8 Å². The number of halogens is 6. The molecular weight excluding hydrogens is 570 g/mol. The van der Waals surface area contributed by atoms with Crippen molar-refractivity contribution in [3.05, 3.63) is 52.5 Å². The molecule has 1 aliphatic carbocycles. The van der Waals surface area contributed by atoms with E-state index in [1.54, 1.807) is 30.9 Å². The largest absolute Gasteiger partial charge is 0.430 e. The lowest BCUT2D eigenvalue weighted by molar-refractivity contribution is -0.376. The molecule has 0 amide bonds. The van der Waals surface area contributed by atoms with Gasteiger partial charge in [0, 0.05) is 48.6 Å². The summed E-state index contributed by atoms with van der Waals surface area (Å²) in [6.45, 7) is 3.24. The van der Waals surface area contributed by atoms with Gasteiger partial charge < -0.3 is 15.1 Å². The van der Waals surface area contributed by atoms with E-state index in [-0.39, 0.29) is 53.1 Å². The fourth-order valence-electron chi connectivity index (χ4n) is 4.01. The van der Waals surface area contributed by atoms with Crippen LogP contribution in [-0.2, 0) is 15.6 Å². The number of piperazine rings is 1. The average molecular weight is 597 g/mol. The molecule has 0 spiro atoms.